The maximum absolute atomic E-state index is 13.0. The van der Waals surface area contributed by atoms with Gasteiger partial charge in [-0.15, -0.1) is 0 Å². The molecule has 0 spiro atoms. The maximum atomic E-state index is 13.0. The first-order valence-electron chi connectivity index (χ1n) is 9.21. The second-order valence-corrected chi connectivity index (χ2v) is 7.28. The van der Waals surface area contributed by atoms with Gasteiger partial charge in [-0.25, -0.2) is 0 Å². The smallest absolute Gasteiger partial charge is 0.387 e. The van der Waals surface area contributed by atoms with Crippen molar-refractivity contribution in [3.8, 4) is 5.75 Å². The molecule has 0 atom stereocenters. The molecular formula is C23H16Cl2F2N2O3. The molecule has 2 N–H and O–H groups in total. The van der Waals surface area contributed by atoms with E-state index in [4.69, 9.17) is 23.2 Å². The Balaban J connectivity index is 1.97. The summed E-state index contributed by atoms with van der Waals surface area (Å²) in [5.74, 6) is -1.75. The van der Waals surface area contributed by atoms with Gasteiger partial charge in [-0.1, -0.05) is 53.5 Å². The van der Waals surface area contributed by atoms with Crippen molar-refractivity contribution in [1.82, 2.24) is 0 Å². The molecule has 0 fully saturated rings. The topological polar surface area (TPSA) is 67.4 Å². The Labute approximate surface area is 192 Å². The number of rotatable bonds is 7. The molecule has 0 saturated carbocycles. The minimum absolute atomic E-state index is 0.116. The van der Waals surface area contributed by atoms with Crippen LogP contribution in [0.2, 0.25) is 10.0 Å². The van der Waals surface area contributed by atoms with E-state index in [0.29, 0.717) is 21.4 Å². The molecule has 0 heterocycles. The zero-order chi connectivity index (χ0) is 23.1. The van der Waals surface area contributed by atoms with E-state index >= 15 is 0 Å². The molecule has 2 amide bonds. The number of nitrogens with one attached hydrogen (secondary N) is 2. The molecule has 9 heteroatoms. The third kappa shape index (κ3) is 6.54. The molecule has 32 heavy (non-hydrogen) atoms. The Morgan fingerprint density at radius 1 is 0.812 bits per heavy atom. The number of halogens is 4. The van der Waals surface area contributed by atoms with Gasteiger partial charge in [0.2, 0.25) is 0 Å². The molecule has 0 radical (unpaired) electrons. The Morgan fingerprint density at radius 2 is 1.34 bits per heavy atom. The quantitative estimate of drug-likeness (QED) is 0.240. The first-order valence-corrected chi connectivity index (χ1v) is 9.97. The van der Waals surface area contributed by atoms with Crippen LogP contribution in [-0.2, 0) is 9.59 Å². The number of amides is 2. The van der Waals surface area contributed by atoms with Crippen LogP contribution in [0.25, 0.3) is 6.08 Å². The highest BCUT2D eigenvalue weighted by Gasteiger charge is 2.21. The van der Waals surface area contributed by atoms with Gasteiger partial charge in [-0.05, 0) is 48.5 Å². The van der Waals surface area contributed by atoms with E-state index in [9.17, 15) is 18.4 Å². The van der Waals surface area contributed by atoms with Gasteiger partial charge in [0.05, 0.1) is 0 Å². The molecule has 0 aromatic heterocycles. The molecule has 5 nitrogen and oxygen atoms in total. The van der Waals surface area contributed by atoms with Crippen molar-refractivity contribution in [3.05, 3.63) is 94.0 Å². The van der Waals surface area contributed by atoms with Gasteiger partial charge in [-0.3, -0.25) is 9.59 Å². The molecule has 0 aliphatic heterocycles. The fraction of sp³-hybridized carbons (Fsp3) is 0.0435. The van der Waals surface area contributed by atoms with Gasteiger partial charge < -0.3 is 15.4 Å². The van der Waals surface area contributed by atoms with Crippen molar-refractivity contribution in [1.29, 1.82) is 0 Å². The van der Waals surface area contributed by atoms with Gasteiger partial charge in [0.15, 0.2) is 0 Å². The number of hydrogen-bond donors (Lipinski definition) is 2. The van der Waals surface area contributed by atoms with E-state index in [1.165, 1.54) is 30.3 Å². The molecule has 3 aromatic rings. The zero-order valence-electron chi connectivity index (χ0n) is 16.3. The van der Waals surface area contributed by atoms with Crippen molar-refractivity contribution in [2.24, 2.45) is 0 Å². The van der Waals surface area contributed by atoms with Crippen LogP contribution in [0, 0.1) is 0 Å². The predicted octanol–water partition coefficient (Wildman–Crippen LogP) is 6.26. The molecule has 0 bridgehead atoms. The summed E-state index contributed by atoms with van der Waals surface area (Å²) < 4.78 is 30.1. The molecule has 3 rings (SSSR count). The van der Waals surface area contributed by atoms with Gasteiger partial charge >= 0.3 is 6.61 Å². The lowest BCUT2D eigenvalue weighted by atomic mass is 10.1. The molecule has 0 saturated heterocycles. The highest BCUT2D eigenvalue weighted by atomic mass is 35.5. The second kappa shape index (κ2) is 10.7. The van der Waals surface area contributed by atoms with Crippen molar-refractivity contribution >= 4 is 52.5 Å². The Kier molecular flexibility index (Phi) is 7.81. The highest BCUT2D eigenvalue weighted by molar-refractivity contribution is 6.32. The van der Waals surface area contributed by atoms with Crippen LogP contribution in [0.1, 0.15) is 5.56 Å². The summed E-state index contributed by atoms with van der Waals surface area (Å²) in [5, 5.41) is 5.91. The van der Waals surface area contributed by atoms with E-state index in [2.05, 4.69) is 15.4 Å². The first kappa shape index (κ1) is 23.2. The van der Waals surface area contributed by atoms with E-state index in [1.54, 1.807) is 42.5 Å². The fourth-order valence-electron chi connectivity index (χ4n) is 2.72. The SMILES string of the molecule is O=C(Nc1cccc(Cl)c1)C(=Cc1ccccc1OC(F)F)C(=O)Nc1cccc(Cl)c1. The lowest BCUT2D eigenvalue weighted by Gasteiger charge is -2.12. The molecule has 3 aromatic carbocycles. The number of ether oxygens (including phenoxy) is 1. The average molecular weight is 477 g/mol. The summed E-state index contributed by atoms with van der Waals surface area (Å²) in [7, 11) is 0. The number of hydrogen-bond acceptors (Lipinski definition) is 3. The predicted molar refractivity (Wildman–Crippen MR) is 121 cm³/mol. The standard InChI is InChI=1S/C23H16Cl2F2N2O3/c24-15-6-3-8-17(12-15)28-21(30)19(22(31)29-18-9-4-7-16(25)13-18)11-14-5-1-2-10-20(14)32-23(26)27/h1-13,23H,(H,28,30)(H,29,31). The van der Waals surface area contributed by atoms with Crippen LogP contribution in [0.4, 0.5) is 20.2 Å². The monoisotopic (exact) mass is 476 g/mol. The normalized spacial score (nSPS) is 10.4. The fourth-order valence-corrected chi connectivity index (χ4v) is 3.10. The summed E-state index contributed by atoms with van der Waals surface area (Å²) in [4.78, 5) is 25.9. The third-order valence-electron chi connectivity index (χ3n) is 4.09. The number of carbonyl (C=O) groups excluding carboxylic acids is 2. The van der Waals surface area contributed by atoms with Crippen molar-refractivity contribution in [2.75, 3.05) is 10.6 Å². The summed E-state index contributed by atoms with van der Waals surface area (Å²) in [6.07, 6.45) is 1.16. The van der Waals surface area contributed by atoms with Gasteiger partial charge in [0.25, 0.3) is 11.8 Å². The molecule has 164 valence electrons. The summed E-state index contributed by atoms with van der Waals surface area (Å²) in [5.41, 5.74) is 0.461. The van der Waals surface area contributed by atoms with E-state index in [0.717, 1.165) is 6.08 Å². The Hall–Kier alpha value is -3.42. The summed E-state index contributed by atoms with van der Waals surface area (Å²) in [6.45, 7) is -3.08. The minimum atomic E-state index is -3.08. The van der Waals surface area contributed by atoms with Gasteiger partial charge in [0.1, 0.15) is 11.3 Å². The highest BCUT2D eigenvalue weighted by Crippen LogP contribution is 2.25. The van der Waals surface area contributed by atoms with Crippen molar-refractivity contribution < 1.29 is 23.1 Å². The van der Waals surface area contributed by atoms with Gasteiger partial charge in [0, 0.05) is 27.0 Å². The van der Waals surface area contributed by atoms with Gasteiger partial charge in [-0.2, -0.15) is 8.78 Å². The maximum Gasteiger partial charge on any atom is 0.387 e. The van der Waals surface area contributed by atoms with Crippen LogP contribution in [0.3, 0.4) is 0 Å². The number of benzene rings is 3. The third-order valence-corrected chi connectivity index (χ3v) is 4.56. The van der Waals surface area contributed by atoms with Crippen LogP contribution in [0.15, 0.2) is 78.4 Å². The van der Waals surface area contributed by atoms with Crippen LogP contribution >= 0.6 is 23.2 Å². The van der Waals surface area contributed by atoms with Crippen LogP contribution in [0.5, 0.6) is 5.75 Å². The Morgan fingerprint density at radius 3 is 1.84 bits per heavy atom. The van der Waals surface area contributed by atoms with Crippen molar-refractivity contribution in [2.45, 2.75) is 6.61 Å². The molecule has 0 aliphatic carbocycles. The van der Waals surface area contributed by atoms with Crippen LogP contribution in [-0.4, -0.2) is 18.4 Å². The second-order valence-electron chi connectivity index (χ2n) is 6.40. The first-order chi connectivity index (χ1) is 15.3. The largest absolute Gasteiger partial charge is 0.434 e. The average Bonchev–Trinajstić information content (AvgIpc) is 2.72. The lowest BCUT2D eigenvalue weighted by molar-refractivity contribution is -0.118. The molecular weight excluding hydrogens is 461 g/mol. The summed E-state index contributed by atoms with van der Waals surface area (Å²) >= 11 is 11.9. The lowest BCUT2D eigenvalue weighted by Crippen LogP contribution is -2.25. The van der Waals surface area contributed by atoms with E-state index < -0.39 is 18.4 Å². The molecule has 0 aliphatic rings. The van der Waals surface area contributed by atoms with Crippen molar-refractivity contribution in [3.63, 3.8) is 0 Å². The number of para-hydroxylation sites is 1. The summed E-state index contributed by atoms with van der Waals surface area (Å²) in [6, 6.07) is 18.5. The van der Waals surface area contributed by atoms with Crippen LogP contribution < -0.4 is 15.4 Å². The number of alkyl halides is 2. The van der Waals surface area contributed by atoms with E-state index in [-0.39, 0.29) is 16.9 Å². The minimum Gasteiger partial charge on any atom is -0.434 e. The molecule has 0 unspecified atom stereocenters. The Bertz CT molecular complexity index is 1110. The number of anilines is 2. The van der Waals surface area contributed by atoms with E-state index in [1.807, 2.05) is 0 Å². The zero-order valence-corrected chi connectivity index (χ0v) is 17.8. The number of carbonyl (C=O) groups is 2.